The second-order valence-corrected chi connectivity index (χ2v) is 7.84. The maximum Gasteiger partial charge on any atom is 0.338 e. The van der Waals surface area contributed by atoms with Gasteiger partial charge in [0.25, 0.3) is 17.7 Å². The number of benzene rings is 3. The van der Waals surface area contributed by atoms with Crippen molar-refractivity contribution in [1.29, 1.82) is 0 Å². The second-order valence-electron chi connectivity index (χ2n) is 7.84. The fourth-order valence-electron chi connectivity index (χ4n) is 3.69. The monoisotopic (exact) mass is 476 g/mol. The number of fused-ring (bicyclic) bond motifs is 1. The minimum atomic E-state index is -0.791. The van der Waals surface area contributed by atoms with E-state index in [2.05, 4.69) is 0 Å². The summed E-state index contributed by atoms with van der Waals surface area (Å²) < 4.78 is 23.9. The first-order valence-corrected chi connectivity index (χ1v) is 10.6. The first-order valence-electron chi connectivity index (χ1n) is 10.6. The topological polar surface area (TPSA) is 93.2 Å². The number of anilines is 1. The van der Waals surface area contributed by atoms with Crippen LogP contribution in [0, 0.1) is 5.82 Å². The third-order valence-electron chi connectivity index (χ3n) is 5.52. The molecule has 178 valence electrons. The van der Waals surface area contributed by atoms with E-state index in [4.69, 9.17) is 9.47 Å². The van der Waals surface area contributed by atoms with Crippen LogP contribution in [0.3, 0.4) is 0 Å². The summed E-state index contributed by atoms with van der Waals surface area (Å²) >= 11 is 0. The lowest BCUT2D eigenvalue weighted by molar-refractivity contribution is -0.133. The van der Waals surface area contributed by atoms with Crippen molar-refractivity contribution >= 4 is 29.4 Å². The van der Waals surface area contributed by atoms with Crippen LogP contribution in [0.4, 0.5) is 10.1 Å². The lowest BCUT2D eigenvalue weighted by Gasteiger charge is -2.18. The van der Waals surface area contributed by atoms with Gasteiger partial charge >= 0.3 is 5.97 Å². The molecule has 0 bridgehead atoms. The Bertz CT molecular complexity index is 1300. The molecule has 8 nitrogen and oxygen atoms in total. The number of esters is 1. The Labute approximate surface area is 200 Å². The van der Waals surface area contributed by atoms with E-state index in [1.54, 1.807) is 30.3 Å². The molecule has 4 rings (SSSR count). The SMILES string of the molecule is COc1ccc(CN(C)C(=O)COC(=O)c2cccc(N3C(=O)c4ccccc4C3=O)c2)cc1F. The van der Waals surface area contributed by atoms with E-state index in [1.165, 1.54) is 55.5 Å². The summed E-state index contributed by atoms with van der Waals surface area (Å²) in [5.41, 5.74) is 1.41. The number of rotatable bonds is 7. The van der Waals surface area contributed by atoms with Crippen LogP contribution in [0.15, 0.2) is 66.7 Å². The molecule has 3 aromatic carbocycles. The molecule has 0 atom stereocenters. The summed E-state index contributed by atoms with van der Waals surface area (Å²) in [4.78, 5) is 52.6. The number of carbonyl (C=O) groups excluding carboxylic acids is 4. The van der Waals surface area contributed by atoms with E-state index in [0.717, 1.165) is 4.90 Å². The van der Waals surface area contributed by atoms with Gasteiger partial charge in [-0.3, -0.25) is 14.4 Å². The summed E-state index contributed by atoms with van der Waals surface area (Å²) in [6.45, 7) is -0.433. The zero-order chi connectivity index (χ0) is 25.1. The van der Waals surface area contributed by atoms with Crippen molar-refractivity contribution < 1.29 is 33.0 Å². The van der Waals surface area contributed by atoms with E-state index in [1.807, 2.05) is 0 Å². The predicted molar refractivity (Wildman–Crippen MR) is 124 cm³/mol. The minimum Gasteiger partial charge on any atom is -0.494 e. The Morgan fingerprint density at radius 1 is 0.943 bits per heavy atom. The van der Waals surface area contributed by atoms with Gasteiger partial charge in [-0.05, 0) is 48.0 Å². The average Bonchev–Trinajstić information content (AvgIpc) is 3.12. The molecule has 0 unspecified atom stereocenters. The number of halogens is 1. The molecule has 0 saturated heterocycles. The molecule has 3 aromatic rings. The van der Waals surface area contributed by atoms with E-state index in [0.29, 0.717) is 5.56 Å². The molecule has 0 N–H and O–H groups in total. The van der Waals surface area contributed by atoms with Gasteiger partial charge in [0, 0.05) is 13.6 Å². The molecular formula is C26H21FN2O6. The largest absolute Gasteiger partial charge is 0.494 e. The van der Waals surface area contributed by atoms with Crippen molar-refractivity contribution in [3.8, 4) is 5.75 Å². The maximum absolute atomic E-state index is 13.9. The Hall–Kier alpha value is -4.53. The van der Waals surface area contributed by atoms with Crippen LogP contribution in [0.25, 0.3) is 0 Å². The standard InChI is InChI=1S/C26H21FN2O6/c1-28(14-16-10-11-22(34-2)21(27)12-16)23(30)15-35-26(33)17-6-5-7-18(13-17)29-24(31)19-8-3-4-9-20(19)25(29)32/h3-13H,14-15H2,1-2H3. The van der Waals surface area contributed by atoms with E-state index in [9.17, 15) is 23.6 Å². The van der Waals surface area contributed by atoms with Gasteiger partial charge in [0.15, 0.2) is 18.2 Å². The highest BCUT2D eigenvalue weighted by atomic mass is 19.1. The van der Waals surface area contributed by atoms with Crippen molar-refractivity contribution in [1.82, 2.24) is 4.90 Å². The molecular weight excluding hydrogens is 455 g/mol. The molecule has 3 amide bonds. The van der Waals surface area contributed by atoms with E-state index >= 15 is 0 Å². The number of nitrogens with zero attached hydrogens (tertiary/aromatic N) is 2. The zero-order valence-corrected chi connectivity index (χ0v) is 19.0. The summed E-state index contributed by atoms with van der Waals surface area (Å²) in [6.07, 6.45) is 0. The van der Waals surface area contributed by atoms with Gasteiger partial charge in [-0.15, -0.1) is 0 Å². The smallest absolute Gasteiger partial charge is 0.338 e. The van der Waals surface area contributed by atoms with Crippen molar-refractivity contribution in [3.05, 3.63) is 94.8 Å². The van der Waals surface area contributed by atoms with Crippen molar-refractivity contribution in [2.75, 3.05) is 25.7 Å². The molecule has 9 heteroatoms. The van der Waals surface area contributed by atoms with Crippen LogP contribution in [-0.2, 0) is 16.1 Å². The number of hydrogen-bond donors (Lipinski definition) is 0. The van der Waals surface area contributed by atoms with Crippen molar-refractivity contribution in [2.24, 2.45) is 0 Å². The molecule has 0 spiro atoms. The molecule has 0 radical (unpaired) electrons. The molecule has 35 heavy (non-hydrogen) atoms. The van der Waals surface area contributed by atoms with Crippen molar-refractivity contribution in [3.63, 3.8) is 0 Å². The van der Waals surface area contributed by atoms with Gasteiger partial charge in [-0.1, -0.05) is 24.3 Å². The number of imide groups is 1. The first kappa shape index (κ1) is 23.6. The maximum atomic E-state index is 13.9. The highest BCUT2D eigenvalue weighted by Gasteiger charge is 2.36. The van der Waals surface area contributed by atoms with Gasteiger partial charge in [0.2, 0.25) is 0 Å². The van der Waals surface area contributed by atoms with Gasteiger partial charge in [0.05, 0.1) is 29.5 Å². The molecule has 0 fully saturated rings. The number of carbonyl (C=O) groups is 4. The van der Waals surface area contributed by atoms with Gasteiger partial charge in [-0.2, -0.15) is 0 Å². The predicted octanol–water partition coefficient (Wildman–Crippen LogP) is 3.45. The highest BCUT2D eigenvalue weighted by molar-refractivity contribution is 6.34. The number of amides is 3. The van der Waals surface area contributed by atoms with Crippen molar-refractivity contribution in [2.45, 2.75) is 6.54 Å². The third kappa shape index (κ3) is 4.74. The third-order valence-corrected chi connectivity index (χ3v) is 5.52. The Morgan fingerprint density at radius 3 is 2.26 bits per heavy atom. The second kappa shape index (κ2) is 9.76. The first-order chi connectivity index (χ1) is 16.8. The molecule has 1 heterocycles. The number of ether oxygens (including phenoxy) is 2. The number of likely N-dealkylation sites (N-methyl/N-ethyl adjacent to an activating group) is 1. The summed E-state index contributed by atoms with van der Waals surface area (Å²) in [6, 6.07) is 16.7. The number of hydrogen-bond acceptors (Lipinski definition) is 6. The summed E-state index contributed by atoms with van der Waals surface area (Å²) in [5, 5.41) is 0. The van der Waals surface area contributed by atoms with E-state index in [-0.39, 0.29) is 34.7 Å². The minimum absolute atomic E-state index is 0.0757. The Balaban J connectivity index is 1.39. The van der Waals surface area contributed by atoms with Crippen LogP contribution in [-0.4, -0.2) is 49.4 Å². The molecule has 0 aliphatic carbocycles. The molecule has 0 aromatic heterocycles. The van der Waals surface area contributed by atoms with Gasteiger partial charge < -0.3 is 14.4 Å². The molecule has 1 aliphatic rings. The lowest BCUT2D eigenvalue weighted by Crippen LogP contribution is -2.31. The summed E-state index contributed by atoms with van der Waals surface area (Å²) in [7, 11) is 2.86. The lowest BCUT2D eigenvalue weighted by atomic mass is 10.1. The van der Waals surface area contributed by atoms with Crippen LogP contribution in [0.2, 0.25) is 0 Å². The Morgan fingerprint density at radius 2 is 1.63 bits per heavy atom. The number of methoxy groups -OCH3 is 1. The highest BCUT2D eigenvalue weighted by Crippen LogP contribution is 2.29. The fraction of sp³-hybridized carbons (Fsp3) is 0.154. The quantitative estimate of drug-likeness (QED) is 0.383. The molecule has 1 aliphatic heterocycles. The van der Waals surface area contributed by atoms with Crippen LogP contribution in [0.1, 0.15) is 36.6 Å². The van der Waals surface area contributed by atoms with E-state index < -0.39 is 36.1 Å². The zero-order valence-electron chi connectivity index (χ0n) is 19.0. The Kier molecular flexibility index (Phi) is 6.59. The summed E-state index contributed by atoms with van der Waals surface area (Å²) in [5.74, 6) is -2.70. The van der Waals surface area contributed by atoms with Crippen LogP contribution < -0.4 is 9.64 Å². The molecule has 0 saturated carbocycles. The van der Waals surface area contributed by atoms with Gasteiger partial charge in [-0.25, -0.2) is 14.1 Å². The fourth-order valence-corrected chi connectivity index (χ4v) is 3.69. The van der Waals surface area contributed by atoms with Gasteiger partial charge in [0.1, 0.15) is 0 Å². The van der Waals surface area contributed by atoms with Crippen LogP contribution >= 0.6 is 0 Å². The average molecular weight is 476 g/mol. The normalized spacial score (nSPS) is 12.4. The van der Waals surface area contributed by atoms with Crippen LogP contribution in [0.5, 0.6) is 5.75 Å².